The van der Waals surface area contributed by atoms with Crippen molar-refractivity contribution in [1.82, 2.24) is 15.0 Å². The molecule has 0 atom stereocenters. The molecule has 0 N–H and O–H groups in total. The summed E-state index contributed by atoms with van der Waals surface area (Å²) in [5.41, 5.74) is 3.38. The molecule has 0 radical (unpaired) electrons. The van der Waals surface area contributed by atoms with Crippen LogP contribution in [0.1, 0.15) is 22.8 Å². The van der Waals surface area contributed by atoms with Crippen LogP contribution in [0.5, 0.6) is 0 Å². The third-order valence-corrected chi connectivity index (χ3v) is 4.35. The van der Waals surface area contributed by atoms with Gasteiger partial charge in [0.05, 0.1) is 19.4 Å². The van der Waals surface area contributed by atoms with Crippen molar-refractivity contribution in [3.63, 3.8) is 0 Å². The monoisotopic (exact) mass is 359 g/mol. The topological polar surface area (TPSA) is 55.3 Å². The molecule has 0 amide bonds. The second-order valence-corrected chi connectivity index (χ2v) is 6.59. The van der Waals surface area contributed by atoms with Crippen LogP contribution in [-0.4, -0.2) is 15.0 Å². The Morgan fingerprint density at radius 1 is 0.852 bits per heavy atom. The summed E-state index contributed by atoms with van der Waals surface area (Å²) in [4.78, 5) is 6.79. The van der Waals surface area contributed by atoms with Gasteiger partial charge in [-0.25, -0.2) is 0 Å². The second-order valence-electron chi connectivity index (χ2n) is 6.59. The fourth-order valence-electron chi connectivity index (χ4n) is 2.96. The maximum Gasteiger partial charge on any atom is 0.241 e. The number of benzene rings is 2. The molecule has 2 aromatic heterocycles. The lowest BCUT2D eigenvalue weighted by atomic mass is 10.1. The third kappa shape index (κ3) is 4.51. The van der Waals surface area contributed by atoms with Crippen LogP contribution in [0.25, 0.3) is 11.4 Å². The molecule has 0 aliphatic carbocycles. The summed E-state index contributed by atoms with van der Waals surface area (Å²) in [6.07, 6.45) is 1.69. The minimum Gasteiger partial charge on any atom is -0.468 e. The zero-order valence-corrected chi connectivity index (χ0v) is 15.2. The van der Waals surface area contributed by atoms with Gasteiger partial charge in [-0.2, -0.15) is 4.98 Å². The quantitative estimate of drug-likeness (QED) is 0.472. The van der Waals surface area contributed by atoms with E-state index in [0.717, 1.165) is 17.9 Å². The van der Waals surface area contributed by atoms with Crippen LogP contribution in [0.15, 0.2) is 81.9 Å². The molecule has 2 heterocycles. The van der Waals surface area contributed by atoms with Gasteiger partial charge in [-0.3, -0.25) is 4.90 Å². The number of nitrogens with zero attached hydrogens (tertiary/aromatic N) is 3. The molecule has 0 saturated carbocycles. The average Bonchev–Trinajstić information content (AvgIpc) is 3.35. The van der Waals surface area contributed by atoms with E-state index in [1.807, 2.05) is 54.6 Å². The van der Waals surface area contributed by atoms with Gasteiger partial charge in [0.15, 0.2) is 0 Å². The van der Waals surface area contributed by atoms with E-state index in [4.69, 9.17) is 8.94 Å². The smallest absolute Gasteiger partial charge is 0.241 e. The Morgan fingerprint density at radius 3 is 2.41 bits per heavy atom. The van der Waals surface area contributed by atoms with Crippen molar-refractivity contribution >= 4 is 0 Å². The van der Waals surface area contributed by atoms with Gasteiger partial charge in [0.2, 0.25) is 11.7 Å². The molecule has 0 aliphatic heterocycles. The predicted molar refractivity (Wildman–Crippen MR) is 103 cm³/mol. The first kappa shape index (κ1) is 17.2. The zero-order valence-electron chi connectivity index (χ0n) is 15.2. The molecular weight excluding hydrogens is 338 g/mol. The van der Waals surface area contributed by atoms with Crippen LogP contribution in [0, 0.1) is 6.92 Å². The molecule has 0 saturated heterocycles. The summed E-state index contributed by atoms with van der Waals surface area (Å²) in [6.45, 7) is 4.05. The average molecular weight is 359 g/mol. The molecule has 0 bridgehead atoms. The summed E-state index contributed by atoms with van der Waals surface area (Å²) < 4.78 is 11.0. The van der Waals surface area contributed by atoms with Crippen molar-refractivity contribution in [3.8, 4) is 11.4 Å². The first-order valence-corrected chi connectivity index (χ1v) is 8.94. The van der Waals surface area contributed by atoms with E-state index in [1.54, 1.807) is 6.26 Å². The molecule has 27 heavy (non-hydrogen) atoms. The lowest BCUT2D eigenvalue weighted by Gasteiger charge is -2.19. The molecule has 4 aromatic rings. The van der Waals surface area contributed by atoms with E-state index in [0.29, 0.717) is 24.8 Å². The normalized spacial score (nSPS) is 11.2. The number of hydrogen-bond acceptors (Lipinski definition) is 5. The van der Waals surface area contributed by atoms with E-state index in [1.165, 1.54) is 11.1 Å². The Balaban J connectivity index is 1.51. The zero-order chi connectivity index (χ0) is 18.5. The maximum atomic E-state index is 5.52. The SMILES string of the molecule is Cc1ccc(-c2noc(CN(Cc3ccccc3)Cc3ccco3)n2)cc1. The highest BCUT2D eigenvalue weighted by Crippen LogP contribution is 2.18. The predicted octanol–water partition coefficient (Wildman–Crippen LogP) is 4.84. The minimum atomic E-state index is 0.550. The van der Waals surface area contributed by atoms with E-state index >= 15 is 0 Å². The van der Waals surface area contributed by atoms with Crippen LogP contribution < -0.4 is 0 Å². The minimum absolute atomic E-state index is 0.550. The Hall–Kier alpha value is -3.18. The summed E-state index contributed by atoms with van der Waals surface area (Å²) in [6, 6.07) is 22.3. The van der Waals surface area contributed by atoms with Gasteiger partial charge in [-0.05, 0) is 24.6 Å². The number of rotatable bonds is 7. The molecular formula is C22H21N3O2. The molecule has 0 fully saturated rings. The summed E-state index contributed by atoms with van der Waals surface area (Å²) >= 11 is 0. The van der Waals surface area contributed by atoms with Gasteiger partial charge in [0, 0.05) is 12.1 Å². The Labute approximate surface area is 158 Å². The standard InChI is InChI=1S/C22H21N3O2/c1-17-9-11-19(12-10-17)22-23-21(27-24-22)16-25(15-20-8-5-13-26-20)14-18-6-3-2-4-7-18/h2-13H,14-16H2,1H3. The molecule has 0 aliphatic rings. The van der Waals surface area contributed by atoms with Gasteiger partial charge >= 0.3 is 0 Å². The van der Waals surface area contributed by atoms with Gasteiger partial charge in [-0.1, -0.05) is 65.3 Å². The summed E-state index contributed by atoms with van der Waals surface area (Å²) in [7, 11) is 0. The van der Waals surface area contributed by atoms with Gasteiger partial charge in [0.1, 0.15) is 5.76 Å². The second kappa shape index (κ2) is 8.01. The van der Waals surface area contributed by atoms with Crippen LogP contribution in [0.4, 0.5) is 0 Å². The highest BCUT2D eigenvalue weighted by molar-refractivity contribution is 5.54. The van der Waals surface area contributed by atoms with Gasteiger partial charge in [0.25, 0.3) is 0 Å². The Bertz CT molecular complexity index is 960. The van der Waals surface area contributed by atoms with Crippen LogP contribution in [-0.2, 0) is 19.6 Å². The van der Waals surface area contributed by atoms with E-state index in [-0.39, 0.29) is 0 Å². The Morgan fingerprint density at radius 2 is 1.67 bits per heavy atom. The first-order valence-electron chi connectivity index (χ1n) is 8.94. The Kier molecular flexibility index (Phi) is 5.12. The highest BCUT2D eigenvalue weighted by atomic mass is 16.5. The molecule has 0 unspecified atom stereocenters. The number of aromatic nitrogens is 2. The van der Waals surface area contributed by atoms with Crippen molar-refractivity contribution in [2.24, 2.45) is 0 Å². The molecule has 0 spiro atoms. The van der Waals surface area contributed by atoms with Crippen molar-refractivity contribution < 1.29 is 8.94 Å². The van der Waals surface area contributed by atoms with Crippen LogP contribution in [0.3, 0.4) is 0 Å². The third-order valence-electron chi connectivity index (χ3n) is 4.35. The van der Waals surface area contributed by atoms with Crippen molar-refractivity contribution in [2.45, 2.75) is 26.6 Å². The summed E-state index contributed by atoms with van der Waals surface area (Å²) in [5, 5.41) is 4.14. The van der Waals surface area contributed by atoms with E-state index < -0.39 is 0 Å². The van der Waals surface area contributed by atoms with Gasteiger partial charge < -0.3 is 8.94 Å². The van der Waals surface area contributed by atoms with Crippen LogP contribution >= 0.6 is 0 Å². The van der Waals surface area contributed by atoms with Gasteiger partial charge in [-0.15, -0.1) is 0 Å². The summed E-state index contributed by atoms with van der Waals surface area (Å²) in [5.74, 6) is 2.11. The van der Waals surface area contributed by atoms with Crippen molar-refractivity contribution in [2.75, 3.05) is 0 Å². The molecule has 4 rings (SSSR count). The number of aryl methyl sites for hydroxylation is 1. The van der Waals surface area contributed by atoms with Crippen LogP contribution in [0.2, 0.25) is 0 Å². The lowest BCUT2D eigenvalue weighted by molar-refractivity contribution is 0.196. The highest BCUT2D eigenvalue weighted by Gasteiger charge is 2.15. The number of furan rings is 1. The van der Waals surface area contributed by atoms with E-state index in [9.17, 15) is 0 Å². The molecule has 5 nitrogen and oxygen atoms in total. The number of hydrogen-bond donors (Lipinski definition) is 0. The lowest BCUT2D eigenvalue weighted by Crippen LogP contribution is -2.22. The largest absolute Gasteiger partial charge is 0.468 e. The van der Waals surface area contributed by atoms with Crippen molar-refractivity contribution in [1.29, 1.82) is 0 Å². The first-order chi connectivity index (χ1) is 13.3. The van der Waals surface area contributed by atoms with Crippen molar-refractivity contribution in [3.05, 3.63) is 95.8 Å². The molecule has 5 heteroatoms. The maximum absolute atomic E-state index is 5.52. The van der Waals surface area contributed by atoms with E-state index in [2.05, 4.69) is 34.1 Å². The molecule has 2 aromatic carbocycles. The fourth-order valence-corrected chi connectivity index (χ4v) is 2.96. The molecule has 136 valence electrons. The fraction of sp³-hybridized carbons (Fsp3) is 0.182.